The van der Waals surface area contributed by atoms with Crippen molar-refractivity contribution in [1.82, 2.24) is 4.31 Å². The van der Waals surface area contributed by atoms with Crippen molar-refractivity contribution in [3.05, 3.63) is 0 Å². The molecule has 0 radical (unpaired) electrons. The van der Waals surface area contributed by atoms with Crippen LogP contribution < -0.4 is 0 Å². The van der Waals surface area contributed by atoms with Crippen molar-refractivity contribution in [3.8, 4) is 0 Å². The Morgan fingerprint density at radius 2 is 1.81 bits per heavy atom. The van der Waals surface area contributed by atoms with Crippen LogP contribution in [-0.4, -0.2) is 59.6 Å². The van der Waals surface area contributed by atoms with Crippen LogP contribution >= 0.6 is 0 Å². The summed E-state index contributed by atoms with van der Waals surface area (Å²) in [5.41, 5.74) is 0. The standard InChI is InChI=1S/C13H27NO5SSi/c1-13(2,3)21(5,6)19-7-8-20(16,17)14-9-11(10-14)12(15)18-4/h11H,7-10H2,1-6H3. The summed E-state index contributed by atoms with van der Waals surface area (Å²) >= 11 is 0. The zero-order valence-corrected chi connectivity index (χ0v) is 15.6. The molecule has 0 aliphatic carbocycles. The van der Waals surface area contributed by atoms with Gasteiger partial charge in [0.05, 0.1) is 18.8 Å². The van der Waals surface area contributed by atoms with Crippen molar-refractivity contribution < 1.29 is 22.4 Å². The number of sulfonamides is 1. The molecular formula is C13H27NO5SSi. The Balaban J connectivity index is 2.44. The molecule has 1 aliphatic rings. The van der Waals surface area contributed by atoms with Gasteiger partial charge in [0.25, 0.3) is 0 Å². The van der Waals surface area contributed by atoms with E-state index in [0.29, 0.717) is 0 Å². The maximum Gasteiger partial charge on any atom is 0.311 e. The predicted molar refractivity (Wildman–Crippen MR) is 84.0 cm³/mol. The minimum Gasteiger partial charge on any atom is -0.469 e. The summed E-state index contributed by atoms with van der Waals surface area (Å²) < 4.78 is 36.0. The van der Waals surface area contributed by atoms with E-state index in [0.717, 1.165) is 0 Å². The van der Waals surface area contributed by atoms with Gasteiger partial charge in [-0.15, -0.1) is 0 Å². The van der Waals surface area contributed by atoms with E-state index in [1.54, 1.807) is 0 Å². The molecule has 6 nitrogen and oxygen atoms in total. The molecule has 0 unspecified atom stereocenters. The molecular weight excluding hydrogens is 310 g/mol. The summed E-state index contributed by atoms with van der Waals surface area (Å²) in [6.07, 6.45) is 0. The molecule has 0 bridgehead atoms. The predicted octanol–water partition coefficient (Wildman–Crippen LogP) is 1.44. The second-order valence-corrected chi connectivity index (χ2v) is 13.9. The second-order valence-electron chi connectivity index (χ2n) is 6.96. The van der Waals surface area contributed by atoms with Gasteiger partial charge < -0.3 is 9.16 Å². The lowest BCUT2D eigenvalue weighted by molar-refractivity contribution is -0.149. The molecule has 8 heteroatoms. The van der Waals surface area contributed by atoms with Gasteiger partial charge in [0.15, 0.2) is 8.32 Å². The fraction of sp³-hybridized carbons (Fsp3) is 0.923. The summed E-state index contributed by atoms with van der Waals surface area (Å²) in [4.78, 5) is 11.3. The molecule has 0 saturated carbocycles. The van der Waals surface area contributed by atoms with Crippen molar-refractivity contribution >= 4 is 24.3 Å². The molecule has 1 saturated heterocycles. The molecule has 124 valence electrons. The van der Waals surface area contributed by atoms with Crippen LogP contribution in [0.2, 0.25) is 18.1 Å². The van der Waals surface area contributed by atoms with E-state index in [4.69, 9.17) is 4.43 Å². The van der Waals surface area contributed by atoms with Gasteiger partial charge in [-0.2, -0.15) is 0 Å². The van der Waals surface area contributed by atoms with E-state index in [-0.39, 0.29) is 42.4 Å². The summed E-state index contributed by atoms with van der Waals surface area (Å²) in [5.74, 6) is -0.710. The molecule has 1 aliphatic heterocycles. The average molecular weight is 338 g/mol. The van der Waals surface area contributed by atoms with E-state index in [1.165, 1.54) is 11.4 Å². The number of hydrogen-bond donors (Lipinski definition) is 0. The number of esters is 1. The zero-order chi connectivity index (χ0) is 16.5. The minimum atomic E-state index is -3.34. The van der Waals surface area contributed by atoms with Crippen molar-refractivity contribution in [3.63, 3.8) is 0 Å². The van der Waals surface area contributed by atoms with Crippen LogP contribution in [0.3, 0.4) is 0 Å². The van der Waals surface area contributed by atoms with Crippen molar-refractivity contribution in [2.45, 2.75) is 38.9 Å². The highest BCUT2D eigenvalue weighted by Crippen LogP contribution is 2.36. The van der Waals surface area contributed by atoms with E-state index in [2.05, 4.69) is 38.6 Å². The van der Waals surface area contributed by atoms with Crippen LogP contribution in [0, 0.1) is 5.92 Å². The largest absolute Gasteiger partial charge is 0.469 e. The lowest BCUT2D eigenvalue weighted by Crippen LogP contribution is -2.54. The first kappa shape index (κ1) is 18.6. The molecule has 0 spiro atoms. The molecule has 0 amide bonds. The van der Waals surface area contributed by atoms with Crippen LogP contribution in [0.25, 0.3) is 0 Å². The van der Waals surface area contributed by atoms with Gasteiger partial charge >= 0.3 is 5.97 Å². The Morgan fingerprint density at radius 3 is 2.24 bits per heavy atom. The minimum absolute atomic E-state index is 0.0343. The van der Waals surface area contributed by atoms with E-state index >= 15 is 0 Å². The zero-order valence-electron chi connectivity index (χ0n) is 13.8. The maximum atomic E-state index is 12.1. The monoisotopic (exact) mass is 337 g/mol. The molecule has 0 aromatic carbocycles. The number of methoxy groups -OCH3 is 1. The first-order valence-corrected chi connectivity index (χ1v) is 11.6. The number of carbonyl (C=O) groups excluding carboxylic acids is 1. The molecule has 1 heterocycles. The fourth-order valence-corrected chi connectivity index (χ4v) is 4.29. The van der Waals surface area contributed by atoms with Gasteiger partial charge in [-0.1, -0.05) is 20.8 Å². The number of rotatable bonds is 6. The third-order valence-corrected chi connectivity index (χ3v) is 10.7. The molecule has 0 N–H and O–H groups in total. The van der Waals surface area contributed by atoms with Gasteiger partial charge in [0, 0.05) is 19.7 Å². The molecule has 1 fully saturated rings. The van der Waals surface area contributed by atoms with E-state index in [1.807, 2.05) is 0 Å². The summed E-state index contributed by atoms with van der Waals surface area (Å²) in [6, 6.07) is 0. The maximum absolute atomic E-state index is 12.1. The van der Waals surface area contributed by atoms with Crippen molar-refractivity contribution in [2.24, 2.45) is 5.92 Å². The number of hydrogen-bond acceptors (Lipinski definition) is 5. The molecule has 0 aromatic heterocycles. The Hall–Kier alpha value is -0.443. The van der Waals surface area contributed by atoms with Crippen molar-refractivity contribution in [2.75, 3.05) is 32.6 Å². The Labute approximate surface area is 129 Å². The molecule has 1 rings (SSSR count). The lowest BCUT2D eigenvalue weighted by Gasteiger charge is -2.38. The number of ether oxygens (including phenoxy) is 1. The van der Waals surface area contributed by atoms with Crippen LogP contribution in [0.15, 0.2) is 0 Å². The van der Waals surface area contributed by atoms with Crippen LogP contribution in [0.4, 0.5) is 0 Å². The van der Waals surface area contributed by atoms with E-state index in [9.17, 15) is 13.2 Å². The highest BCUT2D eigenvalue weighted by Gasteiger charge is 2.41. The van der Waals surface area contributed by atoms with Gasteiger partial charge in [-0.05, 0) is 18.1 Å². The SMILES string of the molecule is COC(=O)C1CN(S(=O)(=O)CCO[Si](C)(C)C(C)(C)C)C1. The van der Waals surface area contributed by atoms with Gasteiger partial charge in [0.2, 0.25) is 10.0 Å². The topological polar surface area (TPSA) is 72.9 Å². The highest BCUT2D eigenvalue weighted by molar-refractivity contribution is 7.89. The normalized spacial score (nSPS) is 18.4. The number of nitrogens with zero attached hydrogens (tertiary/aromatic N) is 1. The smallest absolute Gasteiger partial charge is 0.311 e. The van der Waals surface area contributed by atoms with Crippen LogP contribution in [-0.2, 0) is 24.0 Å². The Kier molecular flexibility index (Phi) is 5.63. The summed E-state index contributed by atoms with van der Waals surface area (Å²) in [7, 11) is -3.96. The lowest BCUT2D eigenvalue weighted by atomic mass is 10.0. The molecule has 21 heavy (non-hydrogen) atoms. The summed E-state index contributed by atoms with van der Waals surface area (Å²) in [5, 5.41) is 0.0590. The molecule has 0 aromatic rings. The van der Waals surface area contributed by atoms with Crippen LogP contribution in [0.1, 0.15) is 20.8 Å². The van der Waals surface area contributed by atoms with Crippen molar-refractivity contribution in [1.29, 1.82) is 0 Å². The van der Waals surface area contributed by atoms with Crippen LogP contribution in [0.5, 0.6) is 0 Å². The third-order valence-electron chi connectivity index (χ3n) is 4.39. The van der Waals surface area contributed by atoms with Gasteiger partial charge in [-0.25, -0.2) is 12.7 Å². The quantitative estimate of drug-likeness (QED) is 0.542. The molecule has 0 atom stereocenters. The van der Waals surface area contributed by atoms with E-state index < -0.39 is 18.3 Å². The highest BCUT2D eigenvalue weighted by atomic mass is 32.2. The Morgan fingerprint density at radius 1 is 1.29 bits per heavy atom. The average Bonchev–Trinajstić information content (AvgIpc) is 2.23. The first-order chi connectivity index (χ1) is 9.40. The first-order valence-electron chi connectivity index (χ1n) is 7.10. The summed E-state index contributed by atoms with van der Waals surface area (Å²) in [6.45, 7) is 11.2. The number of carbonyl (C=O) groups is 1. The second kappa shape index (κ2) is 6.35. The fourth-order valence-electron chi connectivity index (χ4n) is 1.73. The Bertz CT molecular complexity index is 477. The third kappa shape index (κ3) is 4.51. The van der Waals surface area contributed by atoms with Gasteiger partial charge in [-0.3, -0.25) is 4.79 Å². The van der Waals surface area contributed by atoms with Gasteiger partial charge in [0.1, 0.15) is 0 Å².